The summed E-state index contributed by atoms with van der Waals surface area (Å²) >= 11 is 0. The van der Waals surface area contributed by atoms with Crippen molar-refractivity contribution in [3.63, 3.8) is 0 Å². The van der Waals surface area contributed by atoms with Gasteiger partial charge in [0.05, 0.1) is 0 Å². The van der Waals surface area contributed by atoms with Crippen LogP contribution >= 0.6 is 0 Å². The Morgan fingerprint density at radius 2 is 2.09 bits per heavy atom. The molecule has 3 rings (SSSR count). The smallest absolute Gasteiger partial charge is 0.231 e. The molecule has 0 saturated heterocycles. The number of ether oxygens (including phenoxy) is 2. The summed E-state index contributed by atoms with van der Waals surface area (Å²) in [4.78, 5) is 18.5. The lowest BCUT2D eigenvalue weighted by atomic mass is 10.1. The van der Waals surface area contributed by atoms with Crippen molar-refractivity contribution in [2.45, 2.75) is 26.3 Å². The van der Waals surface area contributed by atoms with Gasteiger partial charge in [-0.25, -0.2) is 0 Å². The maximum atomic E-state index is 12.4. The lowest BCUT2D eigenvalue weighted by Crippen LogP contribution is -2.30. The molecule has 2 aromatic rings. The first-order chi connectivity index (χ1) is 11.3. The van der Waals surface area contributed by atoms with E-state index in [9.17, 15) is 4.79 Å². The molecule has 1 aliphatic rings. The number of carbonyl (C=O) groups excluding carboxylic acids is 1. The topological polar surface area (TPSA) is 51.7 Å². The van der Waals surface area contributed by atoms with E-state index >= 15 is 0 Å². The van der Waals surface area contributed by atoms with Crippen LogP contribution in [0.1, 0.15) is 24.6 Å². The number of nitrogens with zero attached hydrogens (tertiary/aromatic N) is 2. The average Bonchev–Trinajstić information content (AvgIpc) is 3.06. The third-order valence-electron chi connectivity index (χ3n) is 3.87. The molecule has 0 radical (unpaired) electrons. The van der Waals surface area contributed by atoms with Crippen LogP contribution in [0.4, 0.5) is 0 Å². The normalized spacial score (nSPS) is 12.2. The molecule has 2 heterocycles. The van der Waals surface area contributed by atoms with E-state index in [1.807, 2.05) is 48.2 Å². The van der Waals surface area contributed by atoms with E-state index < -0.39 is 0 Å². The minimum atomic E-state index is 0.135. The summed E-state index contributed by atoms with van der Waals surface area (Å²) in [6.07, 6.45) is 2.89. The molecular weight excluding hydrogens is 292 g/mol. The zero-order valence-corrected chi connectivity index (χ0v) is 13.2. The van der Waals surface area contributed by atoms with Gasteiger partial charge in [-0.2, -0.15) is 0 Å². The predicted octanol–water partition coefficient (Wildman–Crippen LogP) is 2.79. The molecule has 0 saturated carbocycles. The predicted molar refractivity (Wildman–Crippen MR) is 86.2 cm³/mol. The van der Waals surface area contributed by atoms with Crippen molar-refractivity contribution in [3.05, 3.63) is 53.9 Å². The van der Waals surface area contributed by atoms with Crippen LogP contribution in [-0.4, -0.2) is 29.1 Å². The van der Waals surface area contributed by atoms with E-state index in [1.165, 1.54) is 0 Å². The second-order valence-corrected chi connectivity index (χ2v) is 5.42. The number of hydrogen-bond donors (Lipinski definition) is 0. The summed E-state index contributed by atoms with van der Waals surface area (Å²) < 4.78 is 10.7. The van der Waals surface area contributed by atoms with Gasteiger partial charge < -0.3 is 14.4 Å². The van der Waals surface area contributed by atoms with Crippen molar-refractivity contribution < 1.29 is 14.3 Å². The van der Waals surface area contributed by atoms with Gasteiger partial charge in [0.1, 0.15) is 0 Å². The lowest BCUT2D eigenvalue weighted by molar-refractivity contribution is -0.131. The standard InChI is InChI=1S/C18H20N2O3/c1-2-20(18(21)9-7-15-5-3-4-10-19-15)12-14-6-8-16-17(11-14)23-13-22-16/h3-6,8,10-11H,2,7,9,12-13H2,1H3. The van der Waals surface area contributed by atoms with Gasteiger partial charge in [0.25, 0.3) is 0 Å². The largest absolute Gasteiger partial charge is 0.454 e. The van der Waals surface area contributed by atoms with Crippen LogP contribution in [0.5, 0.6) is 11.5 Å². The first kappa shape index (κ1) is 15.3. The number of fused-ring (bicyclic) bond motifs is 1. The fourth-order valence-electron chi connectivity index (χ4n) is 2.58. The van der Waals surface area contributed by atoms with Crippen LogP contribution in [-0.2, 0) is 17.8 Å². The lowest BCUT2D eigenvalue weighted by Gasteiger charge is -2.21. The molecule has 23 heavy (non-hydrogen) atoms. The summed E-state index contributed by atoms with van der Waals surface area (Å²) in [5, 5.41) is 0. The van der Waals surface area contributed by atoms with Crippen molar-refractivity contribution in [1.82, 2.24) is 9.88 Å². The summed E-state index contributed by atoms with van der Waals surface area (Å²) in [5.41, 5.74) is 1.99. The minimum Gasteiger partial charge on any atom is -0.454 e. The van der Waals surface area contributed by atoms with Gasteiger partial charge in [0, 0.05) is 31.4 Å². The summed E-state index contributed by atoms with van der Waals surface area (Å²) in [5.74, 6) is 1.65. The molecule has 0 N–H and O–H groups in total. The Bertz CT molecular complexity index is 673. The number of amides is 1. The fourth-order valence-corrected chi connectivity index (χ4v) is 2.58. The quantitative estimate of drug-likeness (QED) is 0.823. The van der Waals surface area contributed by atoms with Crippen molar-refractivity contribution in [2.24, 2.45) is 0 Å². The number of aromatic nitrogens is 1. The van der Waals surface area contributed by atoms with E-state index in [0.29, 0.717) is 25.9 Å². The number of hydrogen-bond acceptors (Lipinski definition) is 4. The number of rotatable bonds is 6. The molecule has 0 unspecified atom stereocenters. The molecule has 0 fully saturated rings. The number of pyridine rings is 1. The van der Waals surface area contributed by atoms with Gasteiger partial charge in [0.15, 0.2) is 11.5 Å². The highest BCUT2D eigenvalue weighted by molar-refractivity contribution is 5.76. The molecular formula is C18H20N2O3. The Morgan fingerprint density at radius 3 is 2.87 bits per heavy atom. The van der Waals surface area contributed by atoms with Gasteiger partial charge in [-0.05, 0) is 43.2 Å². The molecule has 1 aromatic carbocycles. The van der Waals surface area contributed by atoms with Crippen LogP contribution < -0.4 is 9.47 Å². The fraction of sp³-hybridized carbons (Fsp3) is 0.333. The zero-order chi connectivity index (χ0) is 16.1. The molecule has 1 amide bonds. The highest BCUT2D eigenvalue weighted by Gasteiger charge is 2.16. The van der Waals surface area contributed by atoms with E-state index in [2.05, 4.69) is 4.98 Å². The third-order valence-corrected chi connectivity index (χ3v) is 3.87. The van der Waals surface area contributed by atoms with Crippen molar-refractivity contribution in [3.8, 4) is 11.5 Å². The Kier molecular flexibility index (Phi) is 4.76. The molecule has 0 spiro atoms. The van der Waals surface area contributed by atoms with E-state index in [4.69, 9.17) is 9.47 Å². The second kappa shape index (κ2) is 7.13. The van der Waals surface area contributed by atoms with Gasteiger partial charge in [-0.1, -0.05) is 12.1 Å². The molecule has 120 valence electrons. The summed E-state index contributed by atoms with van der Waals surface area (Å²) in [6.45, 7) is 3.51. The summed E-state index contributed by atoms with van der Waals surface area (Å²) in [6, 6.07) is 11.6. The van der Waals surface area contributed by atoms with E-state index in [-0.39, 0.29) is 12.7 Å². The Morgan fingerprint density at radius 1 is 1.22 bits per heavy atom. The van der Waals surface area contributed by atoms with E-state index in [1.54, 1.807) is 6.20 Å². The molecule has 0 atom stereocenters. The maximum absolute atomic E-state index is 12.4. The monoisotopic (exact) mass is 312 g/mol. The van der Waals surface area contributed by atoms with Crippen LogP contribution in [0.2, 0.25) is 0 Å². The molecule has 1 aromatic heterocycles. The van der Waals surface area contributed by atoms with Gasteiger partial charge >= 0.3 is 0 Å². The first-order valence-corrected chi connectivity index (χ1v) is 7.82. The first-order valence-electron chi connectivity index (χ1n) is 7.82. The third kappa shape index (κ3) is 3.80. The molecule has 5 heteroatoms. The minimum absolute atomic E-state index is 0.135. The number of benzene rings is 1. The number of carbonyl (C=O) groups is 1. The highest BCUT2D eigenvalue weighted by Crippen LogP contribution is 2.32. The Hall–Kier alpha value is -2.56. The van der Waals surface area contributed by atoms with Gasteiger partial charge in [-0.15, -0.1) is 0 Å². The van der Waals surface area contributed by atoms with Crippen LogP contribution in [0.3, 0.4) is 0 Å². The SMILES string of the molecule is CCN(Cc1ccc2c(c1)OCO2)C(=O)CCc1ccccn1. The summed E-state index contributed by atoms with van der Waals surface area (Å²) in [7, 11) is 0. The maximum Gasteiger partial charge on any atom is 0.231 e. The average molecular weight is 312 g/mol. The van der Waals surface area contributed by atoms with Crippen LogP contribution in [0.25, 0.3) is 0 Å². The highest BCUT2D eigenvalue weighted by atomic mass is 16.7. The van der Waals surface area contributed by atoms with Crippen molar-refractivity contribution in [2.75, 3.05) is 13.3 Å². The van der Waals surface area contributed by atoms with Gasteiger partial charge in [-0.3, -0.25) is 9.78 Å². The molecule has 5 nitrogen and oxygen atoms in total. The van der Waals surface area contributed by atoms with E-state index in [0.717, 1.165) is 22.8 Å². The molecule has 0 bridgehead atoms. The van der Waals surface area contributed by atoms with Crippen LogP contribution in [0, 0.1) is 0 Å². The second-order valence-electron chi connectivity index (χ2n) is 5.42. The molecule has 0 aliphatic carbocycles. The number of aryl methyl sites for hydroxylation is 1. The van der Waals surface area contributed by atoms with Crippen LogP contribution in [0.15, 0.2) is 42.6 Å². The molecule has 1 aliphatic heterocycles. The zero-order valence-electron chi connectivity index (χ0n) is 13.2. The Labute approximate surface area is 135 Å². The Balaban J connectivity index is 1.59. The van der Waals surface area contributed by atoms with Crippen molar-refractivity contribution >= 4 is 5.91 Å². The van der Waals surface area contributed by atoms with Crippen molar-refractivity contribution in [1.29, 1.82) is 0 Å². The van der Waals surface area contributed by atoms with Gasteiger partial charge in [0.2, 0.25) is 12.7 Å².